The van der Waals surface area contributed by atoms with Gasteiger partial charge >= 0.3 is 6.18 Å². The van der Waals surface area contributed by atoms with Gasteiger partial charge in [-0.2, -0.15) is 18.3 Å². The van der Waals surface area contributed by atoms with Gasteiger partial charge in [-0.3, -0.25) is 0 Å². The molecular formula is C19H21F3N4O. The number of pyridine rings is 1. The Morgan fingerprint density at radius 1 is 1.11 bits per heavy atom. The van der Waals surface area contributed by atoms with E-state index in [1.165, 1.54) is 11.6 Å². The summed E-state index contributed by atoms with van der Waals surface area (Å²) in [6, 6.07) is 4.53. The molecule has 5 nitrogen and oxygen atoms in total. The van der Waals surface area contributed by atoms with Crippen molar-refractivity contribution in [2.24, 2.45) is 5.92 Å². The van der Waals surface area contributed by atoms with Crippen LogP contribution in [0.3, 0.4) is 0 Å². The van der Waals surface area contributed by atoms with Crippen LogP contribution in [-0.2, 0) is 19.0 Å². The van der Waals surface area contributed by atoms with Gasteiger partial charge in [0.2, 0.25) is 5.88 Å². The van der Waals surface area contributed by atoms with Crippen LogP contribution in [0.4, 0.5) is 19.0 Å². The molecule has 1 aliphatic carbocycles. The molecule has 1 saturated heterocycles. The molecule has 2 aromatic heterocycles. The number of halogens is 3. The second kappa shape index (κ2) is 7.32. The normalized spacial score (nSPS) is 17.8. The molecule has 0 radical (unpaired) electrons. The van der Waals surface area contributed by atoms with Crippen molar-refractivity contribution in [1.29, 1.82) is 0 Å². The highest BCUT2D eigenvalue weighted by atomic mass is 19.4. The van der Waals surface area contributed by atoms with E-state index in [-0.39, 0.29) is 0 Å². The first-order chi connectivity index (χ1) is 13.0. The van der Waals surface area contributed by atoms with Crippen molar-refractivity contribution in [3.8, 4) is 5.88 Å². The molecule has 1 fully saturated rings. The van der Waals surface area contributed by atoms with Crippen molar-refractivity contribution in [3.63, 3.8) is 0 Å². The molecule has 8 heteroatoms. The largest absolute Gasteiger partial charge is 0.476 e. The summed E-state index contributed by atoms with van der Waals surface area (Å²) in [7, 11) is 0. The Balaban J connectivity index is 1.27. The summed E-state index contributed by atoms with van der Waals surface area (Å²) >= 11 is 0. The number of piperidine rings is 1. The second-order valence-corrected chi connectivity index (χ2v) is 7.15. The van der Waals surface area contributed by atoms with E-state index in [2.05, 4.69) is 15.2 Å². The lowest BCUT2D eigenvalue weighted by atomic mass is 9.98. The number of hydrogen-bond acceptors (Lipinski definition) is 5. The van der Waals surface area contributed by atoms with E-state index in [0.717, 1.165) is 63.2 Å². The molecule has 2 aliphatic rings. The lowest BCUT2D eigenvalue weighted by molar-refractivity contribution is -0.137. The number of alkyl halides is 3. The summed E-state index contributed by atoms with van der Waals surface area (Å²) in [5.41, 5.74) is 1.60. The number of hydrogen-bond donors (Lipinski definition) is 0. The summed E-state index contributed by atoms with van der Waals surface area (Å²) in [5.74, 6) is 1.57. The van der Waals surface area contributed by atoms with Crippen molar-refractivity contribution in [1.82, 2.24) is 15.2 Å². The van der Waals surface area contributed by atoms with E-state index in [1.54, 1.807) is 0 Å². The molecule has 2 aromatic rings. The van der Waals surface area contributed by atoms with Crippen molar-refractivity contribution in [2.45, 2.75) is 38.3 Å². The van der Waals surface area contributed by atoms with Crippen LogP contribution in [-0.4, -0.2) is 34.9 Å². The van der Waals surface area contributed by atoms with E-state index in [4.69, 9.17) is 4.74 Å². The Bertz CT molecular complexity index is 787. The molecule has 27 heavy (non-hydrogen) atoms. The Morgan fingerprint density at radius 3 is 2.63 bits per heavy atom. The Labute approximate surface area is 155 Å². The molecule has 0 unspecified atom stereocenters. The third-order valence-corrected chi connectivity index (χ3v) is 5.28. The molecule has 1 aliphatic heterocycles. The molecule has 3 heterocycles. The van der Waals surface area contributed by atoms with E-state index in [0.29, 0.717) is 24.2 Å². The molecule has 0 bridgehead atoms. The van der Waals surface area contributed by atoms with Gasteiger partial charge in [-0.05, 0) is 55.7 Å². The van der Waals surface area contributed by atoms with Crippen LogP contribution in [0.2, 0.25) is 0 Å². The van der Waals surface area contributed by atoms with Crippen LogP contribution in [0, 0.1) is 5.92 Å². The Hall–Kier alpha value is -2.38. The highest BCUT2D eigenvalue weighted by Gasteiger charge is 2.31. The number of nitrogens with zero attached hydrogens (tertiary/aromatic N) is 4. The van der Waals surface area contributed by atoms with Crippen molar-refractivity contribution in [2.75, 3.05) is 24.6 Å². The van der Waals surface area contributed by atoms with E-state index in [9.17, 15) is 13.2 Å². The first kappa shape index (κ1) is 18.0. The molecule has 0 amide bonds. The zero-order valence-electron chi connectivity index (χ0n) is 14.9. The average molecular weight is 378 g/mol. The van der Waals surface area contributed by atoms with E-state index >= 15 is 0 Å². The lowest BCUT2D eigenvalue weighted by Crippen LogP contribution is -2.36. The topological polar surface area (TPSA) is 51.1 Å². The molecule has 0 aromatic carbocycles. The number of aryl methyl sites for hydroxylation is 2. The summed E-state index contributed by atoms with van der Waals surface area (Å²) < 4.78 is 43.7. The van der Waals surface area contributed by atoms with Crippen LogP contribution >= 0.6 is 0 Å². The Morgan fingerprint density at radius 2 is 1.93 bits per heavy atom. The molecule has 0 saturated carbocycles. The number of rotatable bonds is 4. The van der Waals surface area contributed by atoms with Gasteiger partial charge in [0.05, 0.1) is 17.9 Å². The first-order valence-electron chi connectivity index (χ1n) is 9.25. The molecule has 0 N–H and O–H groups in total. The van der Waals surface area contributed by atoms with Crippen molar-refractivity contribution < 1.29 is 17.9 Å². The average Bonchev–Trinajstić information content (AvgIpc) is 3.14. The van der Waals surface area contributed by atoms with Gasteiger partial charge in [0.25, 0.3) is 0 Å². The molecular weight excluding hydrogens is 357 g/mol. The number of fused-ring (bicyclic) bond motifs is 1. The quantitative estimate of drug-likeness (QED) is 0.813. The van der Waals surface area contributed by atoms with Crippen LogP contribution in [0.25, 0.3) is 0 Å². The first-order valence-corrected chi connectivity index (χ1v) is 9.25. The third kappa shape index (κ3) is 4.14. The van der Waals surface area contributed by atoms with Gasteiger partial charge in [-0.25, -0.2) is 4.98 Å². The fourth-order valence-electron chi connectivity index (χ4n) is 3.65. The summed E-state index contributed by atoms with van der Waals surface area (Å²) in [5, 5.41) is 8.37. The van der Waals surface area contributed by atoms with Gasteiger partial charge in [0, 0.05) is 25.4 Å². The van der Waals surface area contributed by atoms with Gasteiger partial charge in [-0.1, -0.05) is 0 Å². The van der Waals surface area contributed by atoms with Gasteiger partial charge in [-0.15, -0.1) is 5.10 Å². The van der Waals surface area contributed by atoms with Gasteiger partial charge < -0.3 is 9.64 Å². The number of anilines is 1. The monoisotopic (exact) mass is 378 g/mol. The number of ether oxygens (including phenoxy) is 1. The summed E-state index contributed by atoms with van der Waals surface area (Å²) in [4.78, 5) is 6.00. The molecule has 4 rings (SSSR count). The van der Waals surface area contributed by atoms with E-state index < -0.39 is 11.7 Å². The maximum absolute atomic E-state index is 12.6. The predicted molar refractivity (Wildman–Crippen MR) is 93.7 cm³/mol. The van der Waals surface area contributed by atoms with Gasteiger partial charge in [0.1, 0.15) is 5.82 Å². The minimum atomic E-state index is -4.35. The third-order valence-electron chi connectivity index (χ3n) is 5.28. The van der Waals surface area contributed by atoms with Crippen LogP contribution in [0.1, 0.15) is 36.1 Å². The minimum Gasteiger partial charge on any atom is -0.476 e. The maximum atomic E-state index is 12.6. The Kier molecular flexibility index (Phi) is 4.88. The molecule has 0 spiro atoms. The fraction of sp³-hybridized carbons (Fsp3) is 0.526. The predicted octanol–water partition coefficient (Wildman–Crippen LogP) is 3.67. The van der Waals surface area contributed by atoms with Crippen LogP contribution in [0.5, 0.6) is 5.88 Å². The zero-order valence-corrected chi connectivity index (χ0v) is 14.9. The fourth-order valence-corrected chi connectivity index (χ4v) is 3.65. The second-order valence-electron chi connectivity index (χ2n) is 7.15. The standard InChI is InChI=1S/C19H21F3N4O/c20-19(21,22)15-4-5-17(23-11-15)26-8-6-13(7-9-26)12-27-18-10-14-2-1-3-16(14)24-25-18/h4-5,10-11,13H,1-3,6-9,12H2. The molecule has 144 valence electrons. The SMILES string of the molecule is FC(F)(F)c1ccc(N2CCC(COc3cc4c(nn3)CCC4)CC2)nc1. The van der Waals surface area contributed by atoms with Crippen molar-refractivity contribution in [3.05, 3.63) is 41.2 Å². The molecule has 0 atom stereocenters. The zero-order chi connectivity index (χ0) is 18.9. The lowest BCUT2D eigenvalue weighted by Gasteiger charge is -2.32. The summed E-state index contributed by atoms with van der Waals surface area (Å²) in [6.07, 6.45) is 1.53. The van der Waals surface area contributed by atoms with E-state index in [1.807, 2.05) is 11.0 Å². The summed E-state index contributed by atoms with van der Waals surface area (Å²) in [6.45, 7) is 2.09. The maximum Gasteiger partial charge on any atom is 0.417 e. The van der Waals surface area contributed by atoms with Crippen LogP contribution in [0.15, 0.2) is 24.4 Å². The highest BCUT2D eigenvalue weighted by molar-refractivity contribution is 5.40. The van der Waals surface area contributed by atoms with Crippen LogP contribution < -0.4 is 9.64 Å². The smallest absolute Gasteiger partial charge is 0.417 e. The number of aromatic nitrogens is 3. The van der Waals surface area contributed by atoms with Gasteiger partial charge in [0.15, 0.2) is 0 Å². The highest BCUT2D eigenvalue weighted by Crippen LogP contribution is 2.30. The van der Waals surface area contributed by atoms with Crippen molar-refractivity contribution >= 4 is 5.82 Å². The minimum absolute atomic E-state index is 0.394.